The molecule has 0 spiro atoms. The highest BCUT2D eigenvalue weighted by molar-refractivity contribution is 5.83. The molecule has 0 aliphatic heterocycles. The van der Waals surface area contributed by atoms with E-state index in [1.165, 1.54) is 7.11 Å². The van der Waals surface area contributed by atoms with Crippen LogP contribution in [0.2, 0.25) is 0 Å². The van der Waals surface area contributed by atoms with Crippen LogP contribution < -0.4 is 10.1 Å². The maximum atomic E-state index is 13.3. The summed E-state index contributed by atoms with van der Waals surface area (Å²) < 4.78 is 35.9. The Morgan fingerprint density at radius 3 is 2.65 bits per heavy atom. The van der Waals surface area contributed by atoms with E-state index in [9.17, 15) is 18.4 Å². The fourth-order valence-corrected chi connectivity index (χ4v) is 1.77. The van der Waals surface area contributed by atoms with E-state index < -0.39 is 29.6 Å². The number of rotatable bonds is 10. The molecule has 23 heavy (non-hydrogen) atoms. The van der Waals surface area contributed by atoms with Crippen LogP contribution in [0.25, 0.3) is 0 Å². The van der Waals surface area contributed by atoms with Crippen molar-refractivity contribution in [1.82, 2.24) is 5.32 Å². The molecule has 0 aliphatic rings. The Bertz CT molecular complexity index is 539. The van der Waals surface area contributed by atoms with E-state index in [1.54, 1.807) is 0 Å². The largest absolute Gasteiger partial charge is 0.491 e. The summed E-state index contributed by atoms with van der Waals surface area (Å²) in [5, 5.41) is 11.3. The highest BCUT2D eigenvalue weighted by Crippen LogP contribution is 2.17. The zero-order valence-electron chi connectivity index (χ0n) is 12.7. The Balaban J connectivity index is 2.31. The topological polar surface area (TPSA) is 84.9 Å². The van der Waals surface area contributed by atoms with Crippen molar-refractivity contribution in [3.8, 4) is 5.75 Å². The number of carbonyl (C=O) groups is 2. The van der Waals surface area contributed by atoms with Gasteiger partial charge in [0.25, 0.3) is 0 Å². The summed E-state index contributed by atoms with van der Waals surface area (Å²) in [5.74, 6) is -3.21. The van der Waals surface area contributed by atoms with E-state index >= 15 is 0 Å². The lowest BCUT2D eigenvalue weighted by molar-refractivity contribution is -0.142. The Labute approximate surface area is 132 Å². The van der Waals surface area contributed by atoms with Crippen molar-refractivity contribution in [2.45, 2.75) is 25.3 Å². The van der Waals surface area contributed by atoms with E-state index in [4.69, 9.17) is 14.6 Å². The minimum absolute atomic E-state index is 0.0274. The van der Waals surface area contributed by atoms with Gasteiger partial charge in [0.2, 0.25) is 5.91 Å². The van der Waals surface area contributed by atoms with Gasteiger partial charge in [-0.25, -0.2) is 13.6 Å². The fraction of sp³-hybridized carbons (Fsp3) is 0.467. The Morgan fingerprint density at radius 1 is 1.30 bits per heavy atom. The average molecular weight is 331 g/mol. The lowest BCUT2D eigenvalue weighted by Gasteiger charge is -2.14. The Kier molecular flexibility index (Phi) is 7.96. The molecule has 1 atom stereocenters. The Hall–Kier alpha value is -2.22. The summed E-state index contributed by atoms with van der Waals surface area (Å²) in [6.45, 7) is 0.260. The van der Waals surface area contributed by atoms with Crippen LogP contribution in [-0.2, 0) is 14.3 Å². The van der Waals surface area contributed by atoms with Crippen LogP contribution >= 0.6 is 0 Å². The third kappa shape index (κ3) is 7.05. The smallest absolute Gasteiger partial charge is 0.326 e. The number of hydrogen-bond donors (Lipinski definition) is 2. The normalized spacial score (nSPS) is 11.8. The quantitative estimate of drug-likeness (QED) is 0.638. The summed E-state index contributed by atoms with van der Waals surface area (Å²) in [6.07, 6.45) is 0.452. The van der Waals surface area contributed by atoms with Crippen molar-refractivity contribution in [2.24, 2.45) is 0 Å². The molecule has 0 saturated carbocycles. The van der Waals surface area contributed by atoms with Crippen LogP contribution in [0.4, 0.5) is 8.78 Å². The Morgan fingerprint density at radius 2 is 2.04 bits per heavy atom. The first-order chi connectivity index (χ1) is 10.9. The van der Waals surface area contributed by atoms with Gasteiger partial charge in [-0.15, -0.1) is 0 Å². The molecule has 128 valence electrons. The number of ether oxygens (including phenoxy) is 2. The molecule has 0 fully saturated rings. The summed E-state index contributed by atoms with van der Waals surface area (Å²) in [7, 11) is 1.44. The molecule has 1 aromatic rings. The predicted molar refractivity (Wildman–Crippen MR) is 77.1 cm³/mol. The van der Waals surface area contributed by atoms with E-state index in [2.05, 4.69) is 5.32 Å². The molecule has 0 aliphatic carbocycles. The standard InChI is InChI=1S/C15H19F2NO5/c1-22-8-6-12(15(20)21)18-14(19)3-2-7-23-13-5-4-10(16)9-11(13)17/h4-5,9,12H,2-3,6-8H2,1H3,(H,18,19)(H,20,21). The number of carbonyl (C=O) groups excluding carboxylic acids is 1. The van der Waals surface area contributed by atoms with Crippen molar-refractivity contribution in [2.75, 3.05) is 20.3 Å². The van der Waals surface area contributed by atoms with Crippen molar-refractivity contribution in [3.05, 3.63) is 29.8 Å². The molecule has 2 N–H and O–H groups in total. The molecule has 0 aromatic heterocycles. The third-order valence-corrected chi connectivity index (χ3v) is 2.94. The first kappa shape index (κ1) is 18.8. The summed E-state index contributed by atoms with van der Waals surface area (Å²) in [6, 6.07) is 1.92. The van der Waals surface area contributed by atoms with E-state index in [0.717, 1.165) is 12.1 Å². The average Bonchev–Trinajstić information content (AvgIpc) is 2.49. The van der Waals surface area contributed by atoms with Gasteiger partial charge in [0, 0.05) is 32.6 Å². The SMILES string of the molecule is COCCC(NC(=O)CCCOc1ccc(F)cc1F)C(=O)O. The number of nitrogens with one attached hydrogen (secondary N) is 1. The first-order valence-electron chi connectivity index (χ1n) is 7.03. The number of halogens is 2. The van der Waals surface area contributed by atoms with Gasteiger partial charge < -0.3 is 19.9 Å². The molecule has 1 rings (SSSR count). The van der Waals surface area contributed by atoms with E-state index in [-0.39, 0.29) is 38.2 Å². The number of carboxylic acid groups (broad SMARTS) is 1. The molecule has 1 unspecified atom stereocenters. The van der Waals surface area contributed by atoms with Crippen molar-refractivity contribution in [1.29, 1.82) is 0 Å². The highest BCUT2D eigenvalue weighted by Gasteiger charge is 2.19. The second kappa shape index (κ2) is 9.73. The van der Waals surface area contributed by atoms with Crippen molar-refractivity contribution in [3.63, 3.8) is 0 Å². The number of hydrogen-bond acceptors (Lipinski definition) is 4. The third-order valence-electron chi connectivity index (χ3n) is 2.94. The molecule has 0 heterocycles. The predicted octanol–water partition coefficient (Wildman–Crippen LogP) is 1.73. The second-order valence-electron chi connectivity index (χ2n) is 4.77. The molecular weight excluding hydrogens is 312 g/mol. The second-order valence-corrected chi connectivity index (χ2v) is 4.77. The van der Waals surface area contributed by atoms with E-state index in [0.29, 0.717) is 6.07 Å². The maximum Gasteiger partial charge on any atom is 0.326 e. The van der Waals surface area contributed by atoms with Gasteiger partial charge in [0.1, 0.15) is 11.9 Å². The minimum atomic E-state index is -1.14. The summed E-state index contributed by atoms with van der Waals surface area (Å²) in [5.41, 5.74) is 0. The molecule has 0 bridgehead atoms. The van der Waals surface area contributed by atoms with Crippen LogP contribution in [0, 0.1) is 11.6 Å². The van der Waals surface area contributed by atoms with E-state index in [1.807, 2.05) is 0 Å². The summed E-state index contributed by atoms with van der Waals surface area (Å²) >= 11 is 0. The lowest BCUT2D eigenvalue weighted by Crippen LogP contribution is -2.41. The molecule has 0 radical (unpaired) electrons. The van der Waals surface area contributed by atoms with Crippen LogP contribution in [0.15, 0.2) is 18.2 Å². The van der Waals surface area contributed by atoms with Crippen LogP contribution in [-0.4, -0.2) is 43.3 Å². The van der Waals surface area contributed by atoms with Crippen LogP contribution in [0.5, 0.6) is 5.75 Å². The number of carboxylic acids is 1. The molecule has 0 saturated heterocycles. The molecule has 1 aromatic carbocycles. The number of aliphatic carboxylic acids is 1. The zero-order chi connectivity index (χ0) is 17.2. The highest BCUT2D eigenvalue weighted by atomic mass is 19.1. The number of methoxy groups -OCH3 is 1. The first-order valence-corrected chi connectivity index (χ1v) is 7.03. The number of benzene rings is 1. The monoisotopic (exact) mass is 331 g/mol. The molecule has 8 heteroatoms. The summed E-state index contributed by atoms with van der Waals surface area (Å²) in [4.78, 5) is 22.6. The maximum absolute atomic E-state index is 13.3. The van der Waals surface area contributed by atoms with Gasteiger partial charge in [0.15, 0.2) is 11.6 Å². The number of amides is 1. The van der Waals surface area contributed by atoms with Gasteiger partial charge in [-0.1, -0.05) is 0 Å². The molecular formula is C15H19F2NO5. The van der Waals surface area contributed by atoms with Crippen molar-refractivity contribution >= 4 is 11.9 Å². The molecule has 6 nitrogen and oxygen atoms in total. The van der Waals surface area contributed by atoms with Gasteiger partial charge in [-0.3, -0.25) is 4.79 Å². The van der Waals surface area contributed by atoms with Gasteiger partial charge in [-0.2, -0.15) is 0 Å². The zero-order valence-corrected chi connectivity index (χ0v) is 12.7. The van der Waals surface area contributed by atoms with Crippen LogP contribution in [0.1, 0.15) is 19.3 Å². The van der Waals surface area contributed by atoms with Gasteiger partial charge in [0.05, 0.1) is 6.61 Å². The molecule has 1 amide bonds. The fourth-order valence-electron chi connectivity index (χ4n) is 1.77. The van der Waals surface area contributed by atoms with Crippen LogP contribution in [0.3, 0.4) is 0 Å². The van der Waals surface area contributed by atoms with Gasteiger partial charge in [-0.05, 0) is 18.6 Å². The lowest BCUT2D eigenvalue weighted by atomic mass is 10.2. The van der Waals surface area contributed by atoms with Crippen molar-refractivity contribution < 1.29 is 33.0 Å². The minimum Gasteiger partial charge on any atom is -0.491 e. The van der Waals surface area contributed by atoms with Gasteiger partial charge >= 0.3 is 5.97 Å².